The summed E-state index contributed by atoms with van der Waals surface area (Å²) in [5.41, 5.74) is -1.27. The van der Waals surface area contributed by atoms with Crippen molar-refractivity contribution in [1.29, 1.82) is 0 Å². The van der Waals surface area contributed by atoms with E-state index in [2.05, 4.69) is 0 Å². The Morgan fingerprint density at radius 2 is 1.89 bits per heavy atom. The van der Waals surface area contributed by atoms with E-state index in [0.717, 1.165) is 12.1 Å². The van der Waals surface area contributed by atoms with Crippen LogP contribution in [-0.4, -0.2) is 14.2 Å². The fourth-order valence-corrected chi connectivity index (χ4v) is 1.81. The lowest BCUT2D eigenvalue weighted by Gasteiger charge is -2.10. The average Bonchev–Trinajstić information content (AvgIpc) is 2.33. The van der Waals surface area contributed by atoms with E-state index in [4.69, 9.17) is 11.6 Å². The van der Waals surface area contributed by atoms with Crippen LogP contribution in [0.15, 0.2) is 27.8 Å². The Kier molecular flexibility index (Phi) is 3.20. The molecule has 2 aromatic rings. The molecule has 0 spiro atoms. The zero-order chi connectivity index (χ0) is 14.3. The largest absolute Gasteiger partial charge is 0.506 e. The maximum Gasteiger partial charge on any atom is 0.335 e. The highest BCUT2D eigenvalue weighted by Gasteiger charge is 2.15. The van der Waals surface area contributed by atoms with Crippen molar-refractivity contribution >= 4 is 11.6 Å². The number of hydrogen-bond acceptors (Lipinski definition) is 3. The smallest absolute Gasteiger partial charge is 0.335 e. The van der Waals surface area contributed by atoms with Gasteiger partial charge in [-0.3, -0.25) is 4.79 Å². The molecule has 0 amide bonds. The first-order valence-electron chi connectivity index (χ1n) is 5.31. The van der Waals surface area contributed by atoms with Crippen LogP contribution < -0.4 is 11.2 Å². The van der Waals surface area contributed by atoms with E-state index in [0.29, 0.717) is 10.3 Å². The van der Waals surface area contributed by atoms with Gasteiger partial charge in [0.2, 0.25) is 0 Å². The normalized spacial score (nSPS) is 10.7. The molecule has 0 aliphatic carbocycles. The summed E-state index contributed by atoms with van der Waals surface area (Å²) in [7, 11) is 1.46. The number of nitrogens with zero attached hydrogens (tertiary/aromatic N) is 2. The third-order valence-electron chi connectivity index (χ3n) is 2.82. The lowest BCUT2D eigenvalue weighted by atomic mass is 10.2. The molecule has 0 aliphatic heterocycles. The molecular formula is C12H10ClFN2O3. The molecule has 5 nitrogen and oxygen atoms in total. The summed E-state index contributed by atoms with van der Waals surface area (Å²) in [5, 5.41) is 9.27. The Hall–Kier alpha value is -2.08. The van der Waals surface area contributed by atoms with Crippen molar-refractivity contribution in [2.24, 2.45) is 7.05 Å². The van der Waals surface area contributed by atoms with Crippen molar-refractivity contribution in [3.8, 4) is 11.4 Å². The van der Waals surface area contributed by atoms with Gasteiger partial charge in [-0.05, 0) is 13.0 Å². The molecule has 0 saturated heterocycles. The molecule has 0 saturated carbocycles. The van der Waals surface area contributed by atoms with Gasteiger partial charge in [0.1, 0.15) is 11.6 Å². The topological polar surface area (TPSA) is 64.2 Å². The number of phenols is 1. The predicted molar refractivity (Wildman–Crippen MR) is 68.6 cm³/mol. The van der Waals surface area contributed by atoms with Crippen molar-refractivity contribution in [3.05, 3.63) is 55.6 Å². The SMILES string of the molecule is Cc1cc(=O)n(-c2cc(O)c(Cl)cc2F)c(=O)n1C. The second kappa shape index (κ2) is 4.55. The quantitative estimate of drug-likeness (QED) is 0.859. The van der Waals surface area contributed by atoms with Crippen LogP contribution in [0, 0.1) is 12.7 Å². The summed E-state index contributed by atoms with van der Waals surface area (Å²) in [4.78, 5) is 23.8. The molecule has 0 fully saturated rings. The molecule has 1 aromatic carbocycles. The first kappa shape index (κ1) is 13.4. The maximum absolute atomic E-state index is 13.8. The van der Waals surface area contributed by atoms with Gasteiger partial charge in [-0.1, -0.05) is 11.6 Å². The summed E-state index contributed by atoms with van der Waals surface area (Å²) >= 11 is 5.55. The molecule has 1 heterocycles. The highest BCUT2D eigenvalue weighted by molar-refractivity contribution is 6.32. The number of aromatic nitrogens is 2. The van der Waals surface area contributed by atoms with Gasteiger partial charge in [0.05, 0.1) is 10.7 Å². The first-order chi connectivity index (χ1) is 8.82. The van der Waals surface area contributed by atoms with Crippen molar-refractivity contribution in [1.82, 2.24) is 9.13 Å². The Morgan fingerprint density at radius 1 is 1.26 bits per heavy atom. The standard InChI is InChI=1S/C12H10ClFN2O3/c1-6-3-11(18)16(12(19)15(6)2)9-5-10(17)7(13)4-8(9)14/h3-5,17H,1-2H3. The van der Waals surface area contributed by atoms with Crippen LogP contribution in [0.3, 0.4) is 0 Å². The molecule has 1 aromatic heterocycles. The van der Waals surface area contributed by atoms with Gasteiger partial charge in [0.15, 0.2) is 0 Å². The fraction of sp³-hybridized carbons (Fsp3) is 0.167. The van der Waals surface area contributed by atoms with E-state index in [-0.39, 0.29) is 10.7 Å². The average molecular weight is 285 g/mol. The van der Waals surface area contributed by atoms with Crippen LogP contribution in [0.1, 0.15) is 5.69 Å². The van der Waals surface area contributed by atoms with Crippen molar-refractivity contribution < 1.29 is 9.50 Å². The lowest BCUT2D eigenvalue weighted by Crippen LogP contribution is -2.38. The lowest BCUT2D eigenvalue weighted by molar-refractivity contribution is 0.472. The van der Waals surface area contributed by atoms with E-state index >= 15 is 0 Å². The van der Waals surface area contributed by atoms with Crippen LogP contribution in [0.2, 0.25) is 5.02 Å². The van der Waals surface area contributed by atoms with E-state index in [1.165, 1.54) is 17.7 Å². The van der Waals surface area contributed by atoms with E-state index < -0.39 is 22.8 Å². The molecule has 100 valence electrons. The highest BCUT2D eigenvalue weighted by atomic mass is 35.5. The molecule has 1 N–H and O–H groups in total. The van der Waals surface area contributed by atoms with E-state index in [1.54, 1.807) is 6.92 Å². The third-order valence-corrected chi connectivity index (χ3v) is 3.12. The summed E-state index contributed by atoms with van der Waals surface area (Å²) in [5.74, 6) is -1.28. The summed E-state index contributed by atoms with van der Waals surface area (Å²) < 4.78 is 15.6. The number of benzene rings is 1. The second-order valence-electron chi connectivity index (χ2n) is 4.06. The van der Waals surface area contributed by atoms with Crippen LogP contribution >= 0.6 is 11.6 Å². The number of aryl methyl sites for hydroxylation is 1. The summed E-state index contributed by atoms with van der Waals surface area (Å²) in [6.45, 7) is 1.59. The second-order valence-corrected chi connectivity index (χ2v) is 4.46. The van der Waals surface area contributed by atoms with Gasteiger partial charge in [0.25, 0.3) is 5.56 Å². The van der Waals surface area contributed by atoms with Crippen LogP contribution in [-0.2, 0) is 7.05 Å². The predicted octanol–water partition coefficient (Wildman–Crippen LogP) is 1.34. The zero-order valence-corrected chi connectivity index (χ0v) is 10.9. The molecule has 0 aliphatic rings. The molecule has 7 heteroatoms. The zero-order valence-electron chi connectivity index (χ0n) is 10.1. The maximum atomic E-state index is 13.8. The van der Waals surface area contributed by atoms with Crippen LogP contribution in [0.25, 0.3) is 5.69 Å². The Bertz CT molecular complexity index is 780. The minimum Gasteiger partial charge on any atom is -0.506 e. The Balaban J connectivity index is 2.88. The Labute approximate surface area is 112 Å². The van der Waals surface area contributed by atoms with Crippen LogP contribution in [0.4, 0.5) is 4.39 Å². The van der Waals surface area contributed by atoms with Crippen molar-refractivity contribution in [2.75, 3.05) is 0 Å². The number of rotatable bonds is 1. The molecule has 0 bridgehead atoms. The highest BCUT2D eigenvalue weighted by Crippen LogP contribution is 2.27. The monoisotopic (exact) mass is 284 g/mol. The van der Waals surface area contributed by atoms with E-state index in [9.17, 15) is 19.1 Å². The molecular weight excluding hydrogens is 275 g/mol. The molecule has 0 atom stereocenters. The number of phenolic OH excluding ortho intramolecular Hbond substituents is 1. The fourth-order valence-electron chi connectivity index (χ4n) is 1.65. The third kappa shape index (κ3) is 2.15. The van der Waals surface area contributed by atoms with Gasteiger partial charge < -0.3 is 9.67 Å². The number of aromatic hydroxyl groups is 1. The Morgan fingerprint density at radius 3 is 2.53 bits per heavy atom. The number of halogens is 2. The van der Waals surface area contributed by atoms with Gasteiger partial charge in [-0.25, -0.2) is 13.8 Å². The van der Waals surface area contributed by atoms with Crippen molar-refractivity contribution in [2.45, 2.75) is 6.92 Å². The van der Waals surface area contributed by atoms with Gasteiger partial charge in [0, 0.05) is 24.9 Å². The van der Waals surface area contributed by atoms with E-state index in [1.807, 2.05) is 0 Å². The molecule has 2 rings (SSSR count). The van der Waals surface area contributed by atoms with Crippen molar-refractivity contribution in [3.63, 3.8) is 0 Å². The van der Waals surface area contributed by atoms with Gasteiger partial charge >= 0.3 is 5.69 Å². The van der Waals surface area contributed by atoms with Gasteiger partial charge in [-0.2, -0.15) is 0 Å². The molecule has 19 heavy (non-hydrogen) atoms. The summed E-state index contributed by atoms with van der Waals surface area (Å²) in [6, 6.07) is 2.99. The number of hydrogen-bond donors (Lipinski definition) is 1. The molecule has 0 radical (unpaired) electrons. The van der Waals surface area contributed by atoms with Gasteiger partial charge in [-0.15, -0.1) is 0 Å². The molecule has 0 unspecified atom stereocenters. The summed E-state index contributed by atoms with van der Waals surface area (Å²) in [6.07, 6.45) is 0. The van der Waals surface area contributed by atoms with Crippen LogP contribution in [0.5, 0.6) is 5.75 Å². The minimum absolute atomic E-state index is 0.196. The first-order valence-corrected chi connectivity index (χ1v) is 5.69. The minimum atomic E-state index is -0.870.